The van der Waals surface area contributed by atoms with E-state index >= 15 is 0 Å². The van der Waals surface area contributed by atoms with E-state index in [9.17, 15) is 0 Å². The van der Waals surface area contributed by atoms with Gasteiger partial charge in [0.1, 0.15) is 5.75 Å². The lowest BCUT2D eigenvalue weighted by molar-refractivity contribution is 0.572. The van der Waals surface area contributed by atoms with Gasteiger partial charge in [0, 0.05) is 7.05 Å². The van der Waals surface area contributed by atoms with Crippen LogP contribution in [0.15, 0.2) is 29.3 Å². The van der Waals surface area contributed by atoms with Crippen molar-refractivity contribution in [1.29, 1.82) is 0 Å². The fraction of sp³-hybridized carbons (Fsp3) is 0.222. The van der Waals surface area contributed by atoms with Gasteiger partial charge in [-0.15, -0.1) is 0 Å². The Hall–Kier alpha value is -1.31. The van der Waals surface area contributed by atoms with E-state index < -0.39 is 0 Å². The summed E-state index contributed by atoms with van der Waals surface area (Å²) < 4.78 is 5.14. The van der Waals surface area contributed by atoms with Crippen LogP contribution in [0.3, 0.4) is 0 Å². The average Bonchev–Trinajstić information content (AvgIpc) is 2.01. The molecule has 0 aliphatic carbocycles. The molecule has 58 valence electrons. The van der Waals surface area contributed by atoms with Gasteiger partial charge in [-0.05, 0) is 24.6 Å². The van der Waals surface area contributed by atoms with Crippen LogP contribution in [0.4, 0.5) is 0 Å². The first-order valence-corrected chi connectivity index (χ1v) is 3.47. The Morgan fingerprint density at radius 2 is 2.27 bits per heavy atom. The standard InChI is InChI=1S/C9H11NO/c1-8-4-3-5-9(6-8)11-7-10-2/h3-7H,1-2H3. The van der Waals surface area contributed by atoms with Crippen molar-refractivity contribution in [3.8, 4) is 5.75 Å². The lowest BCUT2D eigenvalue weighted by Crippen LogP contribution is -1.88. The summed E-state index contributed by atoms with van der Waals surface area (Å²) in [4.78, 5) is 3.71. The minimum Gasteiger partial charge on any atom is -0.446 e. The number of benzene rings is 1. The van der Waals surface area contributed by atoms with E-state index in [1.165, 1.54) is 12.0 Å². The summed E-state index contributed by atoms with van der Waals surface area (Å²) >= 11 is 0. The Bertz CT molecular complexity index is 255. The van der Waals surface area contributed by atoms with Crippen LogP contribution < -0.4 is 4.74 Å². The summed E-state index contributed by atoms with van der Waals surface area (Å²) in [5.41, 5.74) is 1.19. The van der Waals surface area contributed by atoms with Gasteiger partial charge in [0.2, 0.25) is 0 Å². The molecule has 0 saturated heterocycles. The number of rotatable bonds is 2. The van der Waals surface area contributed by atoms with E-state index in [2.05, 4.69) is 4.99 Å². The van der Waals surface area contributed by atoms with E-state index in [1.807, 2.05) is 31.2 Å². The summed E-state index contributed by atoms with van der Waals surface area (Å²) in [5.74, 6) is 0.829. The first kappa shape index (κ1) is 7.79. The molecular formula is C9H11NO. The van der Waals surface area contributed by atoms with Crippen molar-refractivity contribution in [2.24, 2.45) is 4.99 Å². The fourth-order valence-corrected chi connectivity index (χ4v) is 0.802. The second-order valence-corrected chi connectivity index (χ2v) is 2.30. The zero-order valence-electron chi connectivity index (χ0n) is 6.74. The molecule has 1 aromatic carbocycles. The molecule has 1 aromatic rings. The Balaban J connectivity index is 2.71. The highest BCUT2D eigenvalue weighted by Crippen LogP contribution is 2.10. The van der Waals surface area contributed by atoms with Crippen molar-refractivity contribution in [1.82, 2.24) is 0 Å². The van der Waals surface area contributed by atoms with Crippen LogP contribution in [-0.2, 0) is 0 Å². The molecule has 0 saturated carbocycles. The highest BCUT2D eigenvalue weighted by atomic mass is 16.5. The number of ether oxygens (including phenoxy) is 1. The van der Waals surface area contributed by atoms with Gasteiger partial charge in [-0.25, -0.2) is 0 Å². The highest BCUT2D eigenvalue weighted by molar-refractivity contribution is 5.51. The molecule has 0 aliphatic heterocycles. The van der Waals surface area contributed by atoms with Crippen LogP contribution in [0.1, 0.15) is 5.56 Å². The van der Waals surface area contributed by atoms with Crippen LogP contribution in [0.25, 0.3) is 0 Å². The molecule has 0 heterocycles. The third kappa shape index (κ3) is 2.42. The van der Waals surface area contributed by atoms with Gasteiger partial charge in [-0.3, -0.25) is 4.99 Å². The molecule has 0 fully saturated rings. The van der Waals surface area contributed by atoms with Gasteiger partial charge in [0.05, 0.1) is 0 Å². The number of nitrogens with zero attached hydrogens (tertiary/aromatic N) is 1. The van der Waals surface area contributed by atoms with Crippen LogP contribution in [-0.4, -0.2) is 13.4 Å². The minimum absolute atomic E-state index is 0.829. The van der Waals surface area contributed by atoms with Gasteiger partial charge < -0.3 is 4.74 Å². The average molecular weight is 149 g/mol. The van der Waals surface area contributed by atoms with Gasteiger partial charge in [-0.2, -0.15) is 0 Å². The molecule has 1 rings (SSSR count). The van der Waals surface area contributed by atoms with E-state index in [4.69, 9.17) is 4.74 Å². The van der Waals surface area contributed by atoms with E-state index in [1.54, 1.807) is 7.05 Å². The second-order valence-electron chi connectivity index (χ2n) is 2.30. The first-order chi connectivity index (χ1) is 5.33. The molecule has 0 atom stereocenters. The smallest absolute Gasteiger partial charge is 0.176 e. The maximum Gasteiger partial charge on any atom is 0.176 e. The van der Waals surface area contributed by atoms with Gasteiger partial charge in [0.25, 0.3) is 0 Å². The Labute approximate surface area is 66.5 Å². The summed E-state index contributed by atoms with van der Waals surface area (Å²) in [6, 6.07) is 7.83. The quantitative estimate of drug-likeness (QED) is 0.465. The summed E-state index contributed by atoms with van der Waals surface area (Å²) in [6.07, 6.45) is 1.43. The van der Waals surface area contributed by atoms with Crippen molar-refractivity contribution < 1.29 is 4.74 Å². The van der Waals surface area contributed by atoms with Crippen molar-refractivity contribution in [3.05, 3.63) is 29.8 Å². The van der Waals surface area contributed by atoms with Gasteiger partial charge in [0.15, 0.2) is 6.40 Å². The summed E-state index contributed by atoms with van der Waals surface area (Å²) in [7, 11) is 1.68. The third-order valence-electron chi connectivity index (χ3n) is 1.28. The lowest BCUT2D eigenvalue weighted by Gasteiger charge is -1.98. The largest absolute Gasteiger partial charge is 0.446 e. The maximum absolute atomic E-state index is 5.14. The molecule has 2 heteroatoms. The predicted molar refractivity (Wildman–Crippen MR) is 46.2 cm³/mol. The van der Waals surface area contributed by atoms with Crippen LogP contribution in [0.2, 0.25) is 0 Å². The van der Waals surface area contributed by atoms with Crippen molar-refractivity contribution in [3.63, 3.8) is 0 Å². The van der Waals surface area contributed by atoms with Crippen LogP contribution in [0.5, 0.6) is 5.75 Å². The highest BCUT2D eigenvalue weighted by Gasteiger charge is 1.89. The maximum atomic E-state index is 5.14. The number of aliphatic imine (C=N–C) groups is 1. The molecule has 0 bridgehead atoms. The lowest BCUT2D eigenvalue weighted by atomic mass is 10.2. The molecule has 11 heavy (non-hydrogen) atoms. The molecule has 0 radical (unpaired) electrons. The van der Waals surface area contributed by atoms with Crippen molar-refractivity contribution >= 4 is 6.40 Å². The summed E-state index contributed by atoms with van der Waals surface area (Å²) in [6.45, 7) is 2.02. The first-order valence-electron chi connectivity index (χ1n) is 3.47. The van der Waals surface area contributed by atoms with E-state index in [-0.39, 0.29) is 0 Å². The number of aryl methyl sites for hydroxylation is 1. The number of hydrogen-bond donors (Lipinski definition) is 0. The monoisotopic (exact) mass is 149 g/mol. The fourth-order valence-electron chi connectivity index (χ4n) is 0.802. The number of hydrogen-bond acceptors (Lipinski definition) is 2. The Kier molecular flexibility index (Phi) is 2.66. The Morgan fingerprint density at radius 3 is 2.91 bits per heavy atom. The van der Waals surface area contributed by atoms with Crippen molar-refractivity contribution in [2.75, 3.05) is 7.05 Å². The SMILES string of the molecule is CN=COc1cccc(C)c1. The van der Waals surface area contributed by atoms with E-state index in [0.717, 1.165) is 5.75 Å². The molecular weight excluding hydrogens is 138 g/mol. The molecule has 0 amide bonds. The Morgan fingerprint density at radius 1 is 1.45 bits per heavy atom. The second kappa shape index (κ2) is 3.76. The summed E-state index contributed by atoms with van der Waals surface area (Å²) in [5, 5.41) is 0. The zero-order chi connectivity index (χ0) is 8.10. The molecule has 0 unspecified atom stereocenters. The van der Waals surface area contributed by atoms with Crippen molar-refractivity contribution in [2.45, 2.75) is 6.92 Å². The molecule has 0 spiro atoms. The van der Waals surface area contributed by atoms with Gasteiger partial charge in [-0.1, -0.05) is 12.1 Å². The molecule has 2 nitrogen and oxygen atoms in total. The normalized spacial score (nSPS) is 10.4. The molecule has 0 aliphatic rings. The van der Waals surface area contributed by atoms with E-state index in [0.29, 0.717) is 0 Å². The predicted octanol–water partition coefficient (Wildman–Crippen LogP) is 2.03. The molecule has 0 aromatic heterocycles. The van der Waals surface area contributed by atoms with Crippen LogP contribution >= 0.6 is 0 Å². The van der Waals surface area contributed by atoms with Gasteiger partial charge >= 0.3 is 0 Å². The third-order valence-corrected chi connectivity index (χ3v) is 1.28. The zero-order valence-corrected chi connectivity index (χ0v) is 6.74. The minimum atomic E-state index is 0.829. The molecule has 0 N–H and O–H groups in total. The topological polar surface area (TPSA) is 21.6 Å². The van der Waals surface area contributed by atoms with Crippen LogP contribution in [0, 0.1) is 6.92 Å².